The molecular formula is C16H14FN4O2Ru. The van der Waals surface area contributed by atoms with Crippen LogP contribution < -0.4 is 5.69 Å². The smallest absolute Gasteiger partial charge is 0.675 e. The Kier molecular flexibility index (Phi) is 5.29. The molecule has 2 aromatic heterocycles. The number of benzene rings is 1. The van der Waals surface area contributed by atoms with Gasteiger partial charge in [-0.15, -0.1) is 5.69 Å². The Bertz CT molecular complexity index is 950. The minimum atomic E-state index is -0.393. The molecule has 0 fully saturated rings. The maximum Gasteiger partial charge on any atom is 1.00 e. The van der Waals surface area contributed by atoms with Crippen LogP contribution in [0.5, 0.6) is 0 Å². The average molecular weight is 414 g/mol. The van der Waals surface area contributed by atoms with Crippen LogP contribution in [-0.2, 0) is 19.5 Å². The number of hydrogen-bond acceptors (Lipinski definition) is 3. The van der Waals surface area contributed by atoms with E-state index < -0.39 is 5.69 Å². The summed E-state index contributed by atoms with van der Waals surface area (Å²) in [4.78, 5) is 29.1. The first-order chi connectivity index (χ1) is 11.2. The van der Waals surface area contributed by atoms with Crippen molar-refractivity contribution in [3.8, 4) is 5.69 Å². The van der Waals surface area contributed by atoms with Crippen LogP contribution in [0.15, 0.2) is 41.2 Å². The molecule has 0 amide bonds. The topological polar surface area (TPSA) is 71.0 Å². The van der Waals surface area contributed by atoms with E-state index in [1.54, 1.807) is 6.07 Å². The van der Waals surface area contributed by atoms with Crippen LogP contribution in [0.2, 0.25) is 0 Å². The van der Waals surface area contributed by atoms with Crippen molar-refractivity contribution in [2.75, 3.05) is 13.7 Å². The standard InChI is InChI=1S/C15H11N4O2.CH3F.Ru/c1-9-7-11-13-14(17-9)18(10-5-3-2-4-6-10)15(21)19(13)12(20)8-16-11;1-2;/h2-7H,8H2,1H3;1H3;/q-1;;+1. The van der Waals surface area contributed by atoms with Crippen LogP contribution in [0.3, 0.4) is 0 Å². The number of imidazole rings is 1. The number of carbonyl (C=O) groups is 1. The largest absolute Gasteiger partial charge is 1.00 e. The third-order valence-electron chi connectivity index (χ3n) is 3.55. The number of pyridine rings is 1. The van der Waals surface area contributed by atoms with Crippen LogP contribution in [0.25, 0.3) is 22.2 Å². The molecule has 0 bridgehead atoms. The summed E-state index contributed by atoms with van der Waals surface area (Å²) >= 11 is 0. The quantitative estimate of drug-likeness (QED) is 0.575. The number of hydrogen-bond donors (Lipinski definition) is 0. The number of aromatic nitrogens is 3. The van der Waals surface area contributed by atoms with Gasteiger partial charge in [0, 0.05) is 5.69 Å². The Hall–Kier alpha value is -2.34. The van der Waals surface area contributed by atoms with E-state index in [0.717, 1.165) is 5.69 Å². The monoisotopic (exact) mass is 415 g/mol. The fourth-order valence-electron chi connectivity index (χ4n) is 2.67. The second kappa shape index (κ2) is 7.05. The van der Waals surface area contributed by atoms with Crippen molar-refractivity contribution in [3.05, 3.63) is 57.9 Å². The molecule has 1 radical (unpaired) electrons. The second-order valence-electron chi connectivity index (χ2n) is 4.95. The number of para-hydroxylation sites is 1. The number of rotatable bonds is 1. The summed E-state index contributed by atoms with van der Waals surface area (Å²) in [5.41, 5.74) is 2.66. The van der Waals surface area contributed by atoms with Crippen molar-refractivity contribution >= 4 is 22.8 Å². The van der Waals surface area contributed by atoms with Gasteiger partial charge in [-0.3, -0.25) is 9.18 Å². The fourth-order valence-corrected chi connectivity index (χ4v) is 2.67. The van der Waals surface area contributed by atoms with Crippen molar-refractivity contribution in [1.29, 1.82) is 0 Å². The zero-order valence-corrected chi connectivity index (χ0v) is 14.7. The van der Waals surface area contributed by atoms with E-state index in [4.69, 9.17) is 0 Å². The Balaban J connectivity index is 0.000000670. The number of halogens is 1. The molecule has 3 heterocycles. The molecule has 4 rings (SSSR count). The van der Waals surface area contributed by atoms with E-state index in [1.807, 2.05) is 37.3 Å². The predicted molar refractivity (Wildman–Crippen MR) is 85.6 cm³/mol. The summed E-state index contributed by atoms with van der Waals surface area (Å²) in [5, 5.41) is 4.24. The molecule has 0 N–H and O–H groups in total. The molecule has 6 nitrogen and oxygen atoms in total. The van der Waals surface area contributed by atoms with Crippen molar-refractivity contribution < 1.29 is 28.7 Å². The van der Waals surface area contributed by atoms with Crippen molar-refractivity contribution in [2.45, 2.75) is 6.92 Å². The molecule has 24 heavy (non-hydrogen) atoms. The first-order valence-corrected chi connectivity index (χ1v) is 6.96. The molecule has 0 unspecified atom stereocenters. The van der Waals surface area contributed by atoms with Gasteiger partial charge in [-0.05, 0) is 25.6 Å². The molecule has 0 saturated heterocycles. The third-order valence-corrected chi connectivity index (χ3v) is 3.55. The SMILES string of the molecule is CF.Cc1cc2c3c(n1)n(-c1ccccc1)c(=O)n3C(=O)C[N-]2.[Ru+]. The minimum absolute atomic E-state index is 0. The normalized spacial score (nSPS) is 12.0. The van der Waals surface area contributed by atoms with Crippen molar-refractivity contribution in [3.63, 3.8) is 0 Å². The summed E-state index contributed by atoms with van der Waals surface area (Å²) in [6.07, 6.45) is 0. The van der Waals surface area contributed by atoms with Gasteiger partial charge in [-0.25, -0.2) is 18.9 Å². The Morgan fingerprint density at radius 3 is 2.46 bits per heavy atom. The van der Waals surface area contributed by atoms with E-state index in [-0.39, 0.29) is 31.9 Å². The minimum Gasteiger partial charge on any atom is -0.675 e. The molecule has 3 aromatic rings. The van der Waals surface area contributed by atoms with E-state index >= 15 is 0 Å². The number of nitrogens with zero attached hydrogens (tertiary/aromatic N) is 4. The molecule has 125 valence electrons. The van der Waals surface area contributed by atoms with Gasteiger partial charge in [0.15, 0.2) is 5.65 Å². The Labute approximate surface area is 150 Å². The molecule has 0 aliphatic carbocycles. The predicted octanol–water partition coefficient (Wildman–Crippen LogP) is 2.74. The second-order valence-corrected chi connectivity index (χ2v) is 4.95. The molecule has 0 spiro atoms. The van der Waals surface area contributed by atoms with Gasteiger partial charge in [0.25, 0.3) is 0 Å². The van der Waals surface area contributed by atoms with Gasteiger partial charge in [0.1, 0.15) is 0 Å². The summed E-state index contributed by atoms with van der Waals surface area (Å²) in [5.74, 6) is -0.321. The first kappa shape index (κ1) is 18.0. The van der Waals surface area contributed by atoms with Crippen LogP contribution in [0.1, 0.15) is 10.5 Å². The van der Waals surface area contributed by atoms with E-state index in [0.29, 0.717) is 29.7 Å². The maximum atomic E-state index is 12.7. The van der Waals surface area contributed by atoms with Crippen LogP contribution in [0, 0.1) is 6.92 Å². The van der Waals surface area contributed by atoms with E-state index in [1.165, 1.54) is 9.13 Å². The molecule has 0 atom stereocenters. The molecule has 1 aliphatic heterocycles. The van der Waals surface area contributed by atoms with Crippen molar-refractivity contribution in [2.24, 2.45) is 0 Å². The summed E-state index contributed by atoms with van der Waals surface area (Å²) in [7, 11) is 0.500. The fraction of sp³-hybridized carbons (Fsp3) is 0.188. The Morgan fingerprint density at radius 2 is 1.79 bits per heavy atom. The zero-order chi connectivity index (χ0) is 16.6. The molecule has 0 saturated carbocycles. The number of carbonyl (C=O) groups excluding carboxylic acids is 1. The first-order valence-electron chi connectivity index (χ1n) is 6.96. The summed E-state index contributed by atoms with van der Waals surface area (Å²) in [6.45, 7) is 1.84. The maximum absolute atomic E-state index is 12.7. The van der Waals surface area contributed by atoms with Gasteiger partial charge >= 0.3 is 25.2 Å². The van der Waals surface area contributed by atoms with Gasteiger partial charge in [0.05, 0.1) is 18.4 Å². The third kappa shape index (κ3) is 2.67. The molecule has 1 aliphatic rings. The van der Waals surface area contributed by atoms with Crippen molar-refractivity contribution in [1.82, 2.24) is 14.1 Å². The van der Waals surface area contributed by atoms with Gasteiger partial charge in [0.2, 0.25) is 5.91 Å². The van der Waals surface area contributed by atoms with Crippen LogP contribution >= 0.6 is 0 Å². The number of aryl methyl sites for hydroxylation is 1. The molecule has 8 heteroatoms. The average Bonchev–Trinajstić information content (AvgIpc) is 2.87. The van der Waals surface area contributed by atoms with Crippen LogP contribution in [-0.4, -0.2) is 33.7 Å². The van der Waals surface area contributed by atoms with Gasteiger partial charge in [-0.1, -0.05) is 24.3 Å². The van der Waals surface area contributed by atoms with E-state index in [2.05, 4.69) is 10.3 Å². The Morgan fingerprint density at radius 1 is 1.12 bits per heavy atom. The van der Waals surface area contributed by atoms with Gasteiger partial charge in [-0.2, -0.15) is 0 Å². The molecule has 1 aromatic carbocycles. The van der Waals surface area contributed by atoms with Crippen LogP contribution in [0.4, 0.5) is 10.1 Å². The number of alkyl halides is 1. The zero-order valence-electron chi connectivity index (χ0n) is 13.0. The molecular weight excluding hydrogens is 400 g/mol. The summed E-state index contributed by atoms with van der Waals surface area (Å²) < 4.78 is 12.1. The van der Waals surface area contributed by atoms with E-state index in [9.17, 15) is 14.0 Å². The van der Waals surface area contributed by atoms with Gasteiger partial charge < -0.3 is 5.32 Å². The summed E-state index contributed by atoms with van der Waals surface area (Å²) in [6, 6.07) is 11.0.